The highest BCUT2D eigenvalue weighted by Crippen LogP contribution is 2.34. The minimum Gasteiger partial charge on any atom is -0.387 e. The maximum Gasteiger partial charge on any atom is 0.416 e. The maximum absolute atomic E-state index is 13.8. The van der Waals surface area contributed by atoms with E-state index in [-0.39, 0.29) is 24.3 Å². The van der Waals surface area contributed by atoms with E-state index in [4.69, 9.17) is 4.98 Å². The van der Waals surface area contributed by atoms with Crippen LogP contribution >= 0.6 is 11.3 Å². The van der Waals surface area contributed by atoms with Crippen molar-refractivity contribution >= 4 is 23.2 Å². The zero-order valence-corrected chi connectivity index (χ0v) is 26.8. The summed E-state index contributed by atoms with van der Waals surface area (Å²) in [4.78, 5) is 35.6. The van der Waals surface area contributed by atoms with Crippen LogP contribution in [0.15, 0.2) is 115 Å². The minimum atomic E-state index is -4.43. The molecule has 1 saturated heterocycles. The topological polar surface area (TPSA) is 73.7 Å². The number of amides is 2. The van der Waals surface area contributed by atoms with Crippen molar-refractivity contribution in [3.8, 4) is 11.1 Å². The largest absolute Gasteiger partial charge is 0.416 e. The fourth-order valence-electron chi connectivity index (χ4n) is 6.01. The quantitative estimate of drug-likeness (QED) is 0.172. The van der Waals surface area contributed by atoms with Crippen LogP contribution in [-0.2, 0) is 12.7 Å². The number of aliphatic hydroxyl groups is 1. The summed E-state index contributed by atoms with van der Waals surface area (Å²) in [5.74, 6) is -0.362. The van der Waals surface area contributed by atoms with E-state index in [1.165, 1.54) is 23.5 Å². The average Bonchev–Trinajstić information content (AvgIpc) is 3.62. The molecular weight excluding hydrogens is 635 g/mol. The normalized spacial score (nSPS) is 14.5. The number of benzene rings is 4. The van der Waals surface area contributed by atoms with Gasteiger partial charge in [0.25, 0.3) is 11.8 Å². The second-order valence-corrected chi connectivity index (χ2v) is 12.7. The van der Waals surface area contributed by atoms with Crippen LogP contribution in [0.25, 0.3) is 11.1 Å². The Kier molecular flexibility index (Phi) is 10.0. The number of alkyl halides is 3. The van der Waals surface area contributed by atoms with E-state index in [2.05, 4.69) is 0 Å². The number of hydrogen-bond donors (Lipinski definition) is 1. The zero-order valence-electron chi connectivity index (χ0n) is 26.0. The number of aliphatic hydroxyl groups excluding tert-OH is 1. The third-order valence-corrected chi connectivity index (χ3v) is 9.64. The predicted octanol–water partition coefficient (Wildman–Crippen LogP) is 8.22. The van der Waals surface area contributed by atoms with Crippen molar-refractivity contribution < 1.29 is 27.9 Å². The molecule has 2 heterocycles. The van der Waals surface area contributed by atoms with Gasteiger partial charge in [0.1, 0.15) is 5.69 Å². The zero-order chi connectivity index (χ0) is 33.7. The van der Waals surface area contributed by atoms with Crippen molar-refractivity contribution in [3.05, 3.63) is 148 Å². The van der Waals surface area contributed by atoms with Crippen LogP contribution in [0.4, 0.5) is 13.2 Å². The maximum atomic E-state index is 13.8. The number of carbonyl (C=O) groups excluding carboxylic acids is 2. The Hall–Kier alpha value is -4.80. The Morgan fingerprint density at radius 2 is 1.50 bits per heavy atom. The van der Waals surface area contributed by atoms with Crippen molar-refractivity contribution in [1.29, 1.82) is 0 Å². The number of carbonyl (C=O) groups is 2. The van der Waals surface area contributed by atoms with Gasteiger partial charge in [-0.3, -0.25) is 9.59 Å². The Balaban J connectivity index is 1.12. The molecule has 1 aromatic heterocycles. The predicted molar refractivity (Wildman–Crippen MR) is 179 cm³/mol. The summed E-state index contributed by atoms with van der Waals surface area (Å²) in [5, 5.41) is 13.6. The molecule has 246 valence electrons. The first-order valence-corrected chi connectivity index (χ1v) is 16.6. The number of hydrogen-bond acceptors (Lipinski definition) is 5. The molecule has 1 fully saturated rings. The van der Waals surface area contributed by atoms with Crippen molar-refractivity contribution in [2.45, 2.75) is 37.6 Å². The fourth-order valence-corrected chi connectivity index (χ4v) is 6.97. The van der Waals surface area contributed by atoms with Gasteiger partial charge in [-0.2, -0.15) is 13.2 Å². The van der Waals surface area contributed by atoms with E-state index in [0.717, 1.165) is 28.3 Å². The molecule has 0 spiro atoms. The molecule has 0 saturated carbocycles. The monoisotopic (exact) mass is 669 g/mol. The number of rotatable bonds is 9. The molecule has 48 heavy (non-hydrogen) atoms. The van der Waals surface area contributed by atoms with Crippen molar-refractivity contribution in [1.82, 2.24) is 14.8 Å². The number of thiazole rings is 1. The second-order valence-electron chi connectivity index (χ2n) is 11.9. The molecule has 4 aromatic carbocycles. The van der Waals surface area contributed by atoms with Gasteiger partial charge in [-0.1, -0.05) is 91.0 Å². The summed E-state index contributed by atoms with van der Waals surface area (Å²) in [5.41, 5.74) is 2.82. The summed E-state index contributed by atoms with van der Waals surface area (Å²) in [6.07, 6.45) is -3.97. The van der Waals surface area contributed by atoms with Crippen LogP contribution in [-0.4, -0.2) is 51.3 Å². The lowest BCUT2D eigenvalue weighted by molar-refractivity contribution is -0.137. The van der Waals surface area contributed by atoms with Gasteiger partial charge in [-0.15, -0.1) is 11.3 Å². The molecule has 10 heteroatoms. The van der Waals surface area contributed by atoms with Crippen molar-refractivity contribution in [2.75, 3.05) is 19.6 Å². The van der Waals surface area contributed by atoms with Gasteiger partial charge in [-0.05, 0) is 53.3 Å². The molecule has 1 N–H and O–H groups in total. The summed E-state index contributed by atoms with van der Waals surface area (Å²) in [6, 6.07) is 30.7. The molecule has 2 amide bonds. The molecule has 0 bridgehead atoms. The molecule has 1 aliphatic rings. The standard InChI is InChI=1S/C38H34F3N3O3S/c39-38(40,41)30-17-15-27(16-18-30)31-13-7-8-14-32(31)36(46)43-21-19-29(20-22-43)35-42-33(25-48-35)37(47)44(23-26-9-3-1-4-10-26)24-34(45)28-11-5-2-6-12-28/h1-18,25,29,34,45H,19-24H2. The summed E-state index contributed by atoms with van der Waals surface area (Å²) < 4.78 is 39.3. The lowest BCUT2D eigenvalue weighted by Crippen LogP contribution is -2.38. The molecule has 0 radical (unpaired) electrons. The molecule has 6 rings (SSSR count). The highest BCUT2D eigenvalue weighted by molar-refractivity contribution is 7.09. The number of nitrogens with zero attached hydrogens (tertiary/aromatic N) is 3. The van der Waals surface area contributed by atoms with E-state index in [9.17, 15) is 27.9 Å². The molecule has 1 aliphatic heterocycles. The van der Waals surface area contributed by atoms with E-state index in [1.807, 2.05) is 60.7 Å². The highest BCUT2D eigenvalue weighted by Gasteiger charge is 2.31. The van der Waals surface area contributed by atoms with E-state index in [1.54, 1.807) is 39.4 Å². The summed E-state index contributed by atoms with van der Waals surface area (Å²) in [6.45, 7) is 1.40. The summed E-state index contributed by atoms with van der Waals surface area (Å²) >= 11 is 1.43. The Bertz CT molecular complexity index is 1840. The molecule has 1 unspecified atom stereocenters. The van der Waals surface area contributed by atoms with Crippen LogP contribution in [0, 0.1) is 0 Å². The minimum absolute atomic E-state index is 0.0724. The van der Waals surface area contributed by atoms with Crippen molar-refractivity contribution in [3.63, 3.8) is 0 Å². The van der Waals surface area contributed by atoms with Crippen LogP contribution in [0.1, 0.15) is 67.4 Å². The van der Waals surface area contributed by atoms with Gasteiger partial charge < -0.3 is 14.9 Å². The first kappa shape index (κ1) is 33.1. The lowest BCUT2D eigenvalue weighted by Gasteiger charge is -2.31. The number of aromatic nitrogens is 1. The Morgan fingerprint density at radius 3 is 2.17 bits per heavy atom. The van der Waals surface area contributed by atoms with Gasteiger partial charge in [0.15, 0.2) is 0 Å². The molecule has 6 nitrogen and oxygen atoms in total. The van der Waals surface area contributed by atoms with Gasteiger partial charge in [-0.25, -0.2) is 4.98 Å². The molecule has 5 aromatic rings. The van der Waals surface area contributed by atoms with Gasteiger partial charge in [0.05, 0.1) is 23.2 Å². The van der Waals surface area contributed by atoms with Gasteiger partial charge in [0.2, 0.25) is 0 Å². The lowest BCUT2D eigenvalue weighted by atomic mass is 9.94. The van der Waals surface area contributed by atoms with Crippen LogP contribution in [0.3, 0.4) is 0 Å². The highest BCUT2D eigenvalue weighted by atomic mass is 32.1. The molecule has 0 aliphatic carbocycles. The van der Waals surface area contributed by atoms with Crippen LogP contribution < -0.4 is 0 Å². The third-order valence-electron chi connectivity index (χ3n) is 8.63. The second kappa shape index (κ2) is 14.5. The first-order valence-electron chi connectivity index (χ1n) is 15.7. The SMILES string of the molecule is O=C(c1csc(C2CCN(C(=O)c3ccccc3-c3ccc(C(F)(F)F)cc3)CC2)n1)N(Cc1ccccc1)CC(O)c1ccccc1. The van der Waals surface area contributed by atoms with Crippen LogP contribution in [0.2, 0.25) is 0 Å². The van der Waals surface area contributed by atoms with Gasteiger partial charge >= 0.3 is 6.18 Å². The smallest absolute Gasteiger partial charge is 0.387 e. The van der Waals surface area contributed by atoms with Crippen molar-refractivity contribution in [2.24, 2.45) is 0 Å². The fraction of sp³-hybridized carbons (Fsp3) is 0.237. The number of halogens is 3. The average molecular weight is 670 g/mol. The molecular formula is C38H34F3N3O3S. The number of piperidine rings is 1. The van der Waals surface area contributed by atoms with E-state index >= 15 is 0 Å². The Morgan fingerprint density at radius 1 is 0.875 bits per heavy atom. The first-order chi connectivity index (χ1) is 23.2. The number of likely N-dealkylation sites (tertiary alicyclic amines) is 1. The molecule has 1 atom stereocenters. The summed E-state index contributed by atoms with van der Waals surface area (Å²) in [7, 11) is 0. The van der Waals surface area contributed by atoms with E-state index < -0.39 is 17.8 Å². The van der Waals surface area contributed by atoms with Crippen LogP contribution in [0.5, 0.6) is 0 Å². The van der Waals surface area contributed by atoms with E-state index in [0.29, 0.717) is 54.9 Å². The van der Waals surface area contributed by atoms with Gasteiger partial charge in [0, 0.05) is 36.5 Å². The third kappa shape index (κ3) is 7.67. The Labute approximate surface area is 281 Å².